The number of carbonyl (C=O) groups excluding carboxylic acids is 1. The third-order valence-electron chi connectivity index (χ3n) is 3.37. The smallest absolute Gasteiger partial charge is 0.251 e. The van der Waals surface area contributed by atoms with Crippen LogP contribution in [0, 0.1) is 6.92 Å². The van der Waals surface area contributed by atoms with Gasteiger partial charge in [-0.1, -0.05) is 23.7 Å². The van der Waals surface area contributed by atoms with Gasteiger partial charge in [0.25, 0.3) is 5.91 Å². The second-order valence-corrected chi connectivity index (χ2v) is 5.35. The van der Waals surface area contributed by atoms with E-state index in [1.54, 1.807) is 0 Å². The zero-order valence-corrected chi connectivity index (χ0v) is 13.0. The Bertz CT molecular complexity index is 623. The molecule has 0 saturated heterocycles. The molecule has 110 valence electrons. The quantitative estimate of drug-likeness (QED) is 0.885. The minimum Gasteiger partial charge on any atom is -0.388 e. The van der Waals surface area contributed by atoms with Crippen molar-refractivity contribution in [1.29, 1.82) is 0 Å². The fourth-order valence-corrected chi connectivity index (χ4v) is 2.28. The number of carbonyl (C=O) groups is 1. The molecular weight excluding hydrogens is 284 g/mol. The second kappa shape index (κ2) is 7.14. The summed E-state index contributed by atoms with van der Waals surface area (Å²) in [6, 6.07) is 13.3. The first-order valence-electron chi connectivity index (χ1n) is 6.91. The van der Waals surface area contributed by atoms with Crippen LogP contribution in [0.5, 0.6) is 0 Å². The lowest BCUT2D eigenvalue weighted by atomic mass is 10.1. The van der Waals surface area contributed by atoms with Crippen molar-refractivity contribution < 1.29 is 4.79 Å². The molecule has 0 saturated carbocycles. The minimum absolute atomic E-state index is 0.0466. The Balaban J connectivity index is 1.89. The third-order valence-corrected chi connectivity index (χ3v) is 3.62. The molecule has 2 N–H and O–H groups in total. The summed E-state index contributed by atoms with van der Waals surface area (Å²) in [5.41, 5.74) is 3.93. The summed E-state index contributed by atoms with van der Waals surface area (Å²) in [4.78, 5) is 12.1. The first-order chi connectivity index (χ1) is 10.1. The predicted octanol–water partition coefficient (Wildman–Crippen LogP) is 3.66. The Hall–Kier alpha value is -2.00. The van der Waals surface area contributed by atoms with Gasteiger partial charge in [-0.15, -0.1) is 0 Å². The fraction of sp³-hybridized carbons (Fsp3) is 0.235. The van der Waals surface area contributed by atoms with Crippen LogP contribution < -0.4 is 10.6 Å². The Morgan fingerprint density at radius 1 is 1.14 bits per heavy atom. The van der Waals surface area contributed by atoms with E-state index in [9.17, 15) is 4.79 Å². The molecule has 0 aliphatic carbocycles. The van der Waals surface area contributed by atoms with E-state index in [0.29, 0.717) is 12.1 Å². The third kappa shape index (κ3) is 4.23. The number of nitrogens with one attached hydrogen (secondary N) is 2. The van der Waals surface area contributed by atoms with Crippen molar-refractivity contribution in [3.05, 3.63) is 64.2 Å². The van der Waals surface area contributed by atoms with Gasteiger partial charge in [0.2, 0.25) is 0 Å². The number of benzene rings is 2. The molecular formula is C17H19ClN2O. The zero-order chi connectivity index (χ0) is 15.2. The number of anilines is 1. The van der Waals surface area contributed by atoms with Crippen LogP contribution in [0.1, 0.15) is 21.5 Å². The van der Waals surface area contributed by atoms with Gasteiger partial charge in [-0.05, 0) is 54.8 Å². The van der Waals surface area contributed by atoms with Gasteiger partial charge >= 0.3 is 0 Å². The van der Waals surface area contributed by atoms with Crippen molar-refractivity contribution >= 4 is 23.2 Å². The average molecular weight is 303 g/mol. The molecule has 4 heteroatoms. The van der Waals surface area contributed by atoms with Crippen LogP contribution in [0.2, 0.25) is 5.02 Å². The summed E-state index contributed by atoms with van der Waals surface area (Å²) in [6.45, 7) is 2.59. The number of hydrogen-bond donors (Lipinski definition) is 2. The first kappa shape index (κ1) is 15.4. The molecule has 0 aliphatic rings. The Morgan fingerprint density at radius 3 is 2.48 bits per heavy atom. The van der Waals surface area contributed by atoms with Gasteiger partial charge in [0, 0.05) is 29.9 Å². The molecule has 0 spiro atoms. The zero-order valence-electron chi connectivity index (χ0n) is 12.2. The van der Waals surface area contributed by atoms with E-state index >= 15 is 0 Å². The lowest BCUT2D eigenvalue weighted by Gasteiger charge is -2.09. The van der Waals surface area contributed by atoms with E-state index in [2.05, 4.69) is 10.6 Å². The number of aryl methyl sites for hydroxylation is 1. The largest absolute Gasteiger partial charge is 0.388 e. The second-order valence-electron chi connectivity index (χ2n) is 4.91. The van der Waals surface area contributed by atoms with Crippen molar-refractivity contribution in [1.82, 2.24) is 5.32 Å². The summed E-state index contributed by atoms with van der Waals surface area (Å²) < 4.78 is 0. The van der Waals surface area contributed by atoms with Crippen LogP contribution in [0.3, 0.4) is 0 Å². The highest BCUT2D eigenvalue weighted by atomic mass is 35.5. The van der Waals surface area contributed by atoms with Crippen LogP contribution in [0.15, 0.2) is 42.5 Å². The number of halogens is 1. The SMILES string of the molecule is CNc1ccc(C(=O)NCCc2ccc(Cl)cc2)cc1C. The monoisotopic (exact) mass is 302 g/mol. The molecule has 0 heterocycles. The highest BCUT2D eigenvalue weighted by molar-refractivity contribution is 6.30. The minimum atomic E-state index is -0.0466. The van der Waals surface area contributed by atoms with Crippen LogP contribution in [0.25, 0.3) is 0 Å². The van der Waals surface area contributed by atoms with E-state index in [1.165, 1.54) is 0 Å². The van der Waals surface area contributed by atoms with Crippen molar-refractivity contribution in [2.75, 3.05) is 18.9 Å². The van der Waals surface area contributed by atoms with Gasteiger partial charge in [0.15, 0.2) is 0 Å². The van der Waals surface area contributed by atoms with Crippen molar-refractivity contribution in [3.8, 4) is 0 Å². The molecule has 0 fully saturated rings. The van der Waals surface area contributed by atoms with Gasteiger partial charge in [-0.3, -0.25) is 4.79 Å². The lowest BCUT2D eigenvalue weighted by molar-refractivity contribution is 0.0954. The van der Waals surface area contributed by atoms with E-state index in [4.69, 9.17) is 11.6 Å². The maximum atomic E-state index is 12.1. The van der Waals surface area contributed by atoms with E-state index in [-0.39, 0.29) is 5.91 Å². The number of hydrogen-bond acceptors (Lipinski definition) is 2. The molecule has 0 bridgehead atoms. The summed E-state index contributed by atoms with van der Waals surface area (Å²) in [5.74, 6) is -0.0466. The van der Waals surface area contributed by atoms with Gasteiger partial charge in [0.1, 0.15) is 0 Å². The standard InChI is InChI=1S/C17H19ClN2O/c1-12-11-14(5-8-16(12)19-2)17(21)20-10-9-13-3-6-15(18)7-4-13/h3-8,11,19H,9-10H2,1-2H3,(H,20,21). The summed E-state index contributed by atoms with van der Waals surface area (Å²) in [6.07, 6.45) is 0.788. The van der Waals surface area contributed by atoms with Gasteiger partial charge in [0.05, 0.1) is 0 Å². The predicted molar refractivity (Wildman–Crippen MR) is 88.2 cm³/mol. The van der Waals surface area contributed by atoms with Crippen molar-refractivity contribution in [2.45, 2.75) is 13.3 Å². The van der Waals surface area contributed by atoms with Gasteiger partial charge in [-0.2, -0.15) is 0 Å². The fourth-order valence-electron chi connectivity index (χ4n) is 2.16. The maximum absolute atomic E-state index is 12.1. The molecule has 2 aromatic carbocycles. The molecule has 0 aliphatic heterocycles. The average Bonchev–Trinajstić information content (AvgIpc) is 2.49. The molecule has 21 heavy (non-hydrogen) atoms. The van der Waals surface area contributed by atoms with Gasteiger partial charge < -0.3 is 10.6 Å². The van der Waals surface area contributed by atoms with Gasteiger partial charge in [-0.25, -0.2) is 0 Å². The number of amides is 1. The van der Waals surface area contributed by atoms with E-state index < -0.39 is 0 Å². The van der Waals surface area contributed by atoms with Crippen molar-refractivity contribution in [3.63, 3.8) is 0 Å². The Morgan fingerprint density at radius 2 is 1.86 bits per heavy atom. The molecule has 0 radical (unpaired) electrons. The van der Waals surface area contributed by atoms with Crippen LogP contribution in [-0.2, 0) is 6.42 Å². The molecule has 0 atom stereocenters. The maximum Gasteiger partial charge on any atom is 0.251 e. The molecule has 0 aromatic heterocycles. The summed E-state index contributed by atoms with van der Waals surface area (Å²) in [7, 11) is 1.87. The van der Waals surface area contributed by atoms with Crippen LogP contribution in [0.4, 0.5) is 5.69 Å². The highest BCUT2D eigenvalue weighted by Crippen LogP contribution is 2.15. The Labute approximate surface area is 130 Å². The number of rotatable bonds is 5. The van der Waals surface area contributed by atoms with Crippen LogP contribution in [-0.4, -0.2) is 19.5 Å². The van der Waals surface area contributed by atoms with Crippen molar-refractivity contribution in [2.24, 2.45) is 0 Å². The normalized spacial score (nSPS) is 10.2. The molecule has 1 amide bonds. The van der Waals surface area contributed by atoms with Crippen LogP contribution >= 0.6 is 11.6 Å². The molecule has 0 unspecified atom stereocenters. The highest BCUT2D eigenvalue weighted by Gasteiger charge is 2.06. The van der Waals surface area contributed by atoms with E-state index in [1.807, 2.05) is 56.4 Å². The first-order valence-corrected chi connectivity index (χ1v) is 7.29. The van der Waals surface area contributed by atoms with E-state index in [0.717, 1.165) is 28.3 Å². The Kier molecular flexibility index (Phi) is 5.23. The summed E-state index contributed by atoms with van der Waals surface area (Å²) >= 11 is 5.84. The molecule has 2 aromatic rings. The summed E-state index contributed by atoms with van der Waals surface area (Å²) in [5, 5.41) is 6.75. The molecule has 2 rings (SSSR count). The lowest BCUT2D eigenvalue weighted by Crippen LogP contribution is -2.25. The topological polar surface area (TPSA) is 41.1 Å². The molecule has 3 nitrogen and oxygen atoms in total.